The van der Waals surface area contributed by atoms with Crippen molar-refractivity contribution >= 4 is 16.8 Å². The summed E-state index contributed by atoms with van der Waals surface area (Å²) in [6.45, 7) is 2.45. The number of amides is 1. The predicted molar refractivity (Wildman–Crippen MR) is 78.8 cm³/mol. The zero-order chi connectivity index (χ0) is 13.9. The molecule has 0 saturated carbocycles. The first kappa shape index (κ1) is 13.2. The first-order valence-corrected chi connectivity index (χ1v) is 7.14. The van der Waals surface area contributed by atoms with Gasteiger partial charge >= 0.3 is 0 Å². The summed E-state index contributed by atoms with van der Waals surface area (Å²) >= 11 is 0. The van der Waals surface area contributed by atoms with Gasteiger partial charge in [-0.1, -0.05) is 6.07 Å². The van der Waals surface area contributed by atoms with Crippen molar-refractivity contribution in [3.63, 3.8) is 0 Å². The molecular formula is C16H20N2O2. The molecule has 1 amide bonds. The van der Waals surface area contributed by atoms with Gasteiger partial charge in [-0.2, -0.15) is 0 Å². The van der Waals surface area contributed by atoms with Crippen molar-refractivity contribution < 1.29 is 9.53 Å². The second-order valence-electron chi connectivity index (χ2n) is 5.52. The molecule has 0 radical (unpaired) electrons. The summed E-state index contributed by atoms with van der Waals surface area (Å²) in [5.41, 5.74) is 1.75. The van der Waals surface area contributed by atoms with Gasteiger partial charge in [0.15, 0.2) is 0 Å². The van der Waals surface area contributed by atoms with E-state index in [1.807, 2.05) is 42.4 Å². The fourth-order valence-corrected chi connectivity index (χ4v) is 2.80. The minimum Gasteiger partial charge on any atom is -0.381 e. The molecule has 0 unspecified atom stereocenters. The van der Waals surface area contributed by atoms with Crippen LogP contribution in [0.3, 0.4) is 0 Å². The summed E-state index contributed by atoms with van der Waals surface area (Å²) in [6, 6.07) is 7.83. The van der Waals surface area contributed by atoms with Crippen molar-refractivity contribution in [3.8, 4) is 0 Å². The fourth-order valence-electron chi connectivity index (χ4n) is 2.80. The molecule has 0 atom stereocenters. The van der Waals surface area contributed by atoms with Gasteiger partial charge in [0.2, 0.25) is 0 Å². The molecule has 1 aliphatic heterocycles. The number of hydrogen-bond donors (Lipinski definition) is 1. The number of hydrogen-bond acceptors (Lipinski definition) is 2. The molecule has 0 aliphatic carbocycles. The van der Waals surface area contributed by atoms with Gasteiger partial charge in [0, 0.05) is 44.1 Å². The number of aromatic amines is 1. The molecular weight excluding hydrogens is 252 g/mol. The molecule has 1 fully saturated rings. The lowest BCUT2D eigenvalue weighted by Gasteiger charge is -2.27. The van der Waals surface area contributed by atoms with Crippen LogP contribution >= 0.6 is 0 Å². The molecule has 0 spiro atoms. The van der Waals surface area contributed by atoms with E-state index in [-0.39, 0.29) is 5.91 Å². The Morgan fingerprint density at radius 1 is 1.35 bits per heavy atom. The lowest BCUT2D eigenvalue weighted by atomic mass is 9.99. The van der Waals surface area contributed by atoms with E-state index in [1.165, 1.54) is 0 Å². The van der Waals surface area contributed by atoms with Gasteiger partial charge in [-0.15, -0.1) is 0 Å². The molecule has 4 nitrogen and oxygen atoms in total. The van der Waals surface area contributed by atoms with Crippen molar-refractivity contribution in [3.05, 3.63) is 36.0 Å². The van der Waals surface area contributed by atoms with E-state index < -0.39 is 0 Å². The van der Waals surface area contributed by atoms with Crippen LogP contribution in [0.1, 0.15) is 23.2 Å². The van der Waals surface area contributed by atoms with E-state index >= 15 is 0 Å². The van der Waals surface area contributed by atoms with E-state index in [2.05, 4.69) is 4.98 Å². The van der Waals surface area contributed by atoms with E-state index in [9.17, 15) is 4.79 Å². The summed E-state index contributed by atoms with van der Waals surface area (Å²) in [7, 11) is 1.89. The normalized spacial score (nSPS) is 16.4. The molecule has 20 heavy (non-hydrogen) atoms. The van der Waals surface area contributed by atoms with Crippen molar-refractivity contribution in [1.82, 2.24) is 9.88 Å². The molecule has 2 heterocycles. The number of carbonyl (C=O) groups excluding carboxylic acids is 1. The third-order valence-corrected chi connectivity index (χ3v) is 4.02. The number of benzene rings is 1. The second-order valence-corrected chi connectivity index (χ2v) is 5.52. The van der Waals surface area contributed by atoms with Crippen LogP contribution in [-0.4, -0.2) is 42.6 Å². The average Bonchev–Trinajstić information content (AvgIpc) is 2.94. The standard InChI is InChI=1S/C16H20N2O2/c1-18(11-12-5-8-20-9-6-12)16(19)14-3-2-13-4-7-17-15(13)10-14/h2-4,7,10,12,17H,5-6,8-9,11H2,1H3. The number of aromatic nitrogens is 1. The highest BCUT2D eigenvalue weighted by Crippen LogP contribution is 2.18. The average molecular weight is 272 g/mol. The second kappa shape index (κ2) is 5.67. The van der Waals surface area contributed by atoms with E-state index in [4.69, 9.17) is 4.74 Å². The van der Waals surface area contributed by atoms with Gasteiger partial charge < -0.3 is 14.6 Å². The number of H-pyrrole nitrogens is 1. The van der Waals surface area contributed by atoms with Gasteiger partial charge in [-0.25, -0.2) is 0 Å². The van der Waals surface area contributed by atoms with Crippen LogP contribution in [0.5, 0.6) is 0 Å². The van der Waals surface area contributed by atoms with Crippen molar-refractivity contribution in [2.75, 3.05) is 26.8 Å². The highest BCUT2D eigenvalue weighted by Gasteiger charge is 2.19. The van der Waals surface area contributed by atoms with Gasteiger partial charge in [0.05, 0.1) is 0 Å². The molecule has 2 aromatic rings. The zero-order valence-corrected chi connectivity index (χ0v) is 11.8. The van der Waals surface area contributed by atoms with Gasteiger partial charge in [0.25, 0.3) is 5.91 Å². The van der Waals surface area contributed by atoms with Crippen LogP contribution in [0.4, 0.5) is 0 Å². The minimum atomic E-state index is 0.0907. The number of ether oxygens (including phenoxy) is 1. The SMILES string of the molecule is CN(CC1CCOCC1)C(=O)c1ccc2cc[nH]c2c1. The summed E-state index contributed by atoms with van der Waals surface area (Å²) < 4.78 is 5.36. The van der Waals surface area contributed by atoms with Gasteiger partial charge in [-0.3, -0.25) is 4.79 Å². The molecule has 1 aromatic heterocycles. The van der Waals surface area contributed by atoms with E-state index in [0.29, 0.717) is 5.92 Å². The quantitative estimate of drug-likeness (QED) is 0.933. The van der Waals surface area contributed by atoms with Crippen LogP contribution in [0.25, 0.3) is 10.9 Å². The Morgan fingerprint density at radius 2 is 2.15 bits per heavy atom. The lowest BCUT2D eigenvalue weighted by Crippen LogP contribution is -2.34. The van der Waals surface area contributed by atoms with Crippen molar-refractivity contribution in [2.45, 2.75) is 12.8 Å². The topological polar surface area (TPSA) is 45.3 Å². The van der Waals surface area contributed by atoms with E-state index in [0.717, 1.165) is 49.1 Å². The Balaban J connectivity index is 1.70. The number of fused-ring (bicyclic) bond motifs is 1. The number of nitrogens with zero attached hydrogens (tertiary/aromatic N) is 1. The minimum absolute atomic E-state index is 0.0907. The predicted octanol–water partition coefficient (Wildman–Crippen LogP) is 2.67. The summed E-state index contributed by atoms with van der Waals surface area (Å²) in [6.07, 6.45) is 3.99. The first-order valence-electron chi connectivity index (χ1n) is 7.14. The summed E-state index contributed by atoms with van der Waals surface area (Å²) in [4.78, 5) is 17.4. The lowest BCUT2D eigenvalue weighted by molar-refractivity contribution is 0.0497. The largest absolute Gasteiger partial charge is 0.381 e. The third-order valence-electron chi connectivity index (χ3n) is 4.02. The maximum Gasteiger partial charge on any atom is 0.253 e. The molecule has 1 aliphatic rings. The molecule has 0 bridgehead atoms. The van der Waals surface area contributed by atoms with Crippen LogP contribution in [0, 0.1) is 5.92 Å². The Hall–Kier alpha value is -1.81. The van der Waals surface area contributed by atoms with Crippen LogP contribution in [0.2, 0.25) is 0 Å². The number of carbonyl (C=O) groups is 1. The smallest absolute Gasteiger partial charge is 0.253 e. The number of nitrogens with one attached hydrogen (secondary N) is 1. The first-order chi connectivity index (χ1) is 9.74. The highest BCUT2D eigenvalue weighted by molar-refractivity contribution is 5.97. The molecule has 4 heteroatoms. The van der Waals surface area contributed by atoms with Crippen LogP contribution in [0.15, 0.2) is 30.5 Å². The Kier molecular flexibility index (Phi) is 3.74. The monoisotopic (exact) mass is 272 g/mol. The Morgan fingerprint density at radius 3 is 2.95 bits per heavy atom. The summed E-state index contributed by atoms with van der Waals surface area (Å²) in [5.74, 6) is 0.653. The summed E-state index contributed by atoms with van der Waals surface area (Å²) in [5, 5.41) is 1.13. The Labute approximate surface area is 118 Å². The molecule has 3 rings (SSSR count). The number of rotatable bonds is 3. The maximum atomic E-state index is 12.5. The highest BCUT2D eigenvalue weighted by atomic mass is 16.5. The molecule has 106 valence electrons. The maximum absolute atomic E-state index is 12.5. The van der Waals surface area contributed by atoms with E-state index in [1.54, 1.807) is 0 Å². The van der Waals surface area contributed by atoms with Crippen molar-refractivity contribution in [2.24, 2.45) is 5.92 Å². The Bertz CT molecular complexity index is 599. The zero-order valence-electron chi connectivity index (χ0n) is 11.8. The molecule has 1 saturated heterocycles. The van der Waals surface area contributed by atoms with Crippen LogP contribution in [-0.2, 0) is 4.74 Å². The third kappa shape index (κ3) is 2.70. The fraction of sp³-hybridized carbons (Fsp3) is 0.438. The van der Waals surface area contributed by atoms with Gasteiger partial charge in [0.1, 0.15) is 0 Å². The van der Waals surface area contributed by atoms with Crippen LogP contribution < -0.4 is 0 Å². The molecule has 1 aromatic carbocycles. The van der Waals surface area contributed by atoms with Gasteiger partial charge in [-0.05, 0) is 42.3 Å². The van der Waals surface area contributed by atoms with Crippen molar-refractivity contribution in [1.29, 1.82) is 0 Å². The molecule has 1 N–H and O–H groups in total.